The number of hydrogen-bond acceptors (Lipinski definition) is 5. The van der Waals surface area contributed by atoms with Gasteiger partial charge in [0.15, 0.2) is 5.16 Å². The van der Waals surface area contributed by atoms with Gasteiger partial charge in [0, 0.05) is 37.1 Å². The molecule has 1 amide bonds. The Morgan fingerprint density at radius 2 is 1.85 bits per heavy atom. The van der Waals surface area contributed by atoms with E-state index < -0.39 is 0 Å². The molecule has 172 valence electrons. The maximum atomic E-state index is 12.4. The molecule has 5 nitrogen and oxygen atoms in total. The minimum atomic E-state index is -0.00271. The SMILES string of the molecule is CN1C[C@H](Cc2ccc(Cl)c(Cl)c2)C[C@@H]1CNC(=O)CSc1ncc(-c2ccccc2)cn1. The number of likely N-dealkylation sites (N-methyl/N-ethyl adjacent to an activating group) is 1. The number of benzene rings is 2. The number of carbonyl (C=O) groups excluding carboxylic acids is 1. The number of thioether (sulfide) groups is 1. The average molecular weight is 501 g/mol. The van der Waals surface area contributed by atoms with E-state index in [9.17, 15) is 4.79 Å². The van der Waals surface area contributed by atoms with Gasteiger partial charge in [-0.2, -0.15) is 0 Å². The zero-order valence-corrected chi connectivity index (χ0v) is 20.7. The number of aromatic nitrogens is 2. The Bertz CT molecular complexity index is 1080. The molecule has 3 aromatic rings. The van der Waals surface area contributed by atoms with E-state index in [0.29, 0.717) is 39.5 Å². The van der Waals surface area contributed by atoms with Crippen molar-refractivity contribution in [3.63, 3.8) is 0 Å². The molecule has 0 unspecified atom stereocenters. The highest BCUT2D eigenvalue weighted by Crippen LogP contribution is 2.28. The van der Waals surface area contributed by atoms with E-state index in [-0.39, 0.29) is 5.91 Å². The Morgan fingerprint density at radius 1 is 1.09 bits per heavy atom. The number of hydrogen-bond donors (Lipinski definition) is 1. The number of likely N-dealkylation sites (tertiary alicyclic amines) is 1. The van der Waals surface area contributed by atoms with Crippen molar-refractivity contribution in [2.24, 2.45) is 5.92 Å². The van der Waals surface area contributed by atoms with Crippen LogP contribution in [0.25, 0.3) is 11.1 Å². The lowest BCUT2D eigenvalue weighted by atomic mass is 9.97. The van der Waals surface area contributed by atoms with Crippen molar-refractivity contribution in [3.8, 4) is 11.1 Å². The van der Waals surface area contributed by atoms with Crippen molar-refractivity contribution in [1.29, 1.82) is 0 Å². The van der Waals surface area contributed by atoms with E-state index in [0.717, 1.165) is 30.5 Å². The molecule has 0 saturated carbocycles. The number of rotatable bonds is 8. The Hall–Kier alpha value is -2.12. The van der Waals surface area contributed by atoms with E-state index in [2.05, 4.69) is 27.2 Å². The molecule has 2 heterocycles. The highest BCUT2D eigenvalue weighted by atomic mass is 35.5. The molecule has 1 aliphatic heterocycles. The van der Waals surface area contributed by atoms with Crippen molar-refractivity contribution in [2.45, 2.75) is 24.0 Å². The number of nitrogens with zero attached hydrogens (tertiary/aromatic N) is 3. The van der Waals surface area contributed by atoms with Gasteiger partial charge in [-0.05, 0) is 49.1 Å². The largest absolute Gasteiger partial charge is 0.354 e. The third kappa shape index (κ3) is 6.70. The van der Waals surface area contributed by atoms with Crippen LogP contribution in [-0.2, 0) is 11.2 Å². The monoisotopic (exact) mass is 500 g/mol. The quantitative estimate of drug-likeness (QED) is 0.339. The van der Waals surface area contributed by atoms with Crippen LogP contribution in [0, 0.1) is 5.92 Å². The van der Waals surface area contributed by atoms with Gasteiger partial charge < -0.3 is 10.2 Å². The molecule has 0 radical (unpaired) electrons. The second-order valence-electron chi connectivity index (χ2n) is 8.36. The number of halogens is 2. The van der Waals surface area contributed by atoms with Crippen LogP contribution in [-0.4, -0.2) is 52.7 Å². The third-order valence-corrected chi connectivity index (χ3v) is 7.50. The lowest BCUT2D eigenvalue weighted by Gasteiger charge is -2.19. The van der Waals surface area contributed by atoms with E-state index >= 15 is 0 Å². The zero-order valence-electron chi connectivity index (χ0n) is 18.4. The predicted molar refractivity (Wildman–Crippen MR) is 136 cm³/mol. The standard InChI is InChI=1S/C25H26Cl2N4OS/c1-31-15-18(9-17-7-8-22(26)23(27)11-17)10-21(31)14-28-24(32)16-33-25-29-12-20(13-30-25)19-5-3-2-4-6-19/h2-8,11-13,18,21H,9-10,14-16H2,1H3,(H,28,32)/t18-,21-/m1/s1. The predicted octanol–water partition coefficient (Wildman–Crippen LogP) is 5.22. The molecule has 0 spiro atoms. The molecule has 0 bridgehead atoms. The fraction of sp³-hybridized carbons (Fsp3) is 0.320. The van der Waals surface area contributed by atoms with Crippen molar-refractivity contribution < 1.29 is 4.79 Å². The second kappa shape index (κ2) is 11.3. The van der Waals surface area contributed by atoms with Crippen LogP contribution in [0.5, 0.6) is 0 Å². The summed E-state index contributed by atoms with van der Waals surface area (Å²) in [6.07, 6.45) is 5.58. The minimum absolute atomic E-state index is 0.00271. The van der Waals surface area contributed by atoms with Crippen LogP contribution in [0.3, 0.4) is 0 Å². The second-order valence-corrected chi connectivity index (χ2v) is 10.1. The highest BCUT2D eigenvalue weighted by molar-refractivity contribution is 7.99. The van der Waals surface area contributed by atoms with Crippen LogP contribution in [0.2, 0.25) is 10.0 Å². The Labute approximate surface area is 208 Å². The lowest BCUT2D eigenvalue weighted by molar-refractivity contribution is -0.118. The van der Waals surface area contributed by atoms with Gasteiger partial charge in [-0.1, -0.05) is 71.4 Å². The van der Waals surface area contributed by atoms with E-state index in [1.807, 2.05) is 48.5 Å². The third-order valence-electron chi connectivity index (χ3n) is 5.89. The number of amides is 1. The molecule has 8 heteroatoms. The summed E-state index contributed by atoms with van der Waals surface area (Å²) in [5.74, 6) is 0.825. The first-order valence-corrected chi connectivity index (χ1v) is 12.6. The summed E-state index contributed by atoms with van der Waals surface area (Å²) in [7, 11) is 2.11. The molecule has 1 saturated heterocycles. The van der Waals surface area contributed by atoms with Crippen molar-refractivity contribution in [3.05, 3.63) is 76.5 Å². The summed E-state index contributed by atoms with van der Waals surface area (Å²) in [6, 6.07) is 16.2. The summed E-state index contributed by atoms with van der Waals surface area (Å²) in [6.45, 7) is 1.64. The number of carbonyl (C=O) groups is 1. The first-order valence-electron chi connectivity index (χ1n) is 10.9. The van der Waals surface area contributed by atoms with Gasteiger partial charge in [0.05, 0.1) is 15.8 Å². The van der Waals surface area contributed by atoms with Crippen molar-refractivity contribution in [1.82, 2.24) is 20.2 Å². The zero-order chi connectivity index (χ0) is 23.2. The maximum Gasteiger partial charge on any atom is 0.230 e. The van der Waals surface area contributed by atoms with Crippen LogP contribution in [0.15, 0.2) is 66.1 Å². The molecular weight excluding hydrogens is 475 g/mol. The molecule has 33 heavy (non-hydrogen) atoms. The summed E-state index contributed by atoms with van der Waals surface area (Å²) >= 11 is 13.5. The fourth-order valence-corrected chi connectivity index (χ4v) is 5.10. The fourth-order valence-electron chi connectivity index (χ4n) is 4.17. The van der Waals surface area contributed by atoms with Gasteiger partial charge in [-0.3, -0.25) is 4.79 Å². The molecule has 1 aromatic heterocycles. The smallest absolute Gasteiger partial charge is 0.230 e. The molecule has 1 fully saturated rings. The summed E-state index contributed by atoms with van der Waals surface area (Å²) in [5, 5.41) is 4.85. The van der Waals surface area contributed by atoms with Crippen LogP contribution >= 0.6 is 35.0 Å². The average Bonchev–Trinajstić information content (AvgIpc) is 3.18. The summed E-state index contributed by atoms with van der Waals surface area (Å²) in [4.78, 5) is 23.5. The van der Waals surface area contributed by atoms with Gasteiger partial charge in [-0.15, -0.1) is 0 Å². The minimum Gasteiger partial charge on any atom is -0.354 e. The first kappa shape index (κ1) is 24.0. The molecule has 0 aliphatic carbocycles. The van der Waals surface area contributed by atoms with Gasteiger partial charge in [0.25, 0.3) is 0 Å². The lowest BCUT2D eigenvalue weighted by Crippen LogP contribution is -2.38. The molecule has 4 rings (SSSR count). The Balaban J connectivity index is 1.20. The summed E-state index contributed by atoms with van der Waals surface area (Å²) < 4.78 is 0. The maximum absolute atomic E-state index is 12.4. The highest BCUT2D eigenvalue weighted by Gasteiger charge is 2.29. The molecule has 2 aromatic carbocycles. The number of nitrogens with one attached hydrogen (secondary N) is 1. The Kier molecular flexibility index (Phi) is 8.25. The van der Waals surface area contributed by atoms with Gasteiger partial charge >= 0.3 is 0 Å². The Morgan fingerprint density at radius 3 is 2.58 bits per heavy atom. The van der Waals surface area contributed by atoms with Crippen LogP contribution in [0.1, 0.15) is 12.0 Å². The van der Waals surface area contributed by atoms with E-state index in [1.54, 1.807) is 12.4 Å². The van der Waals surface area contributed by atoms with Crippen LogP contribution < -0.4 is 5.32 Å². The van der Waals surface area contributed by atoms with Crippen molar-refractivity contribution >= 4 is 40.9 Å². The molecule has 2 atom stereocenters. The van der Waals surface area contributed by atoms with Crippen LogP contribution in [0.4, 0.5) is 0 Å². The van der Waals surface area contributed by atoms with Gasteiger partial charge in [-0.25, -0.2) is 9.97 Å². The molecule has 1 aliphatic rings. The summed E-state index contributed by atoms with van der Waals surface area (Å²) in [5.41, 5.74) is 3.23. The van der Waals surface area contributed by atoms with Gasteiger partial charge in [0.1, 0.15) is 0 Å². The van der Waals surface area contributed by atoms with E-state index in [1.165, 1.54) is 17.3 Å². The van der Waals surface area contributed by atoms with E-state index in [4.69, 9.17) is 23.2 Å². The van der Waals surface area contributed by atoms with Crippen molar-refractivity contribution in [2.75, 3.05) is 25.9 Å². The topological polar surface area (TPSA) is 58.1 Å². The molecule has 1 N–H and O–H groups in total. The van der Waals surface area contributed by atoms with Gasteiger partial charge in [0.2, 0.25) is 5.91 Å². The molecular formula is C25H26Cl2N4OS. The first-order chi connectivity index (χ1) is 16.0. The normalized spacial score (nSPS) is 18.4.